The van der Waals surface area contributed by atoms with Crippen molar-refractivity contribution in [1.82, 2.24) is 9.97 Å². The van der Waals surface area contributed by atoms with Crippen molar-refractivity contribution in [2.24, 2.45) is 11.7 Å². The van der Waals surface area contributed by atoms with Crippen LogP contribution in [0.2, 0.25) is 0 Å². The average Bonchev–Trinajstić information content (AvgIpc) is 2.93. The van der Waals surface area contributed by atoms with Crippen LogP contribution in [0.5, 0.6) is 0 Å². The highest BCUT2D eigenvalue weighted by atomic mass is 32.1. The van der Waals surface area contributed by atoms with Crippen molar-refractivity contribution in [3.8, 4) is 0 Å². The van der Waals surface area contributed by atoms with Gasteiger partial charge in [0.1, 0.15) is 10.7 Å². The Morgan fingerprint density at radius 1 is 1.45 bits per heavy atom. The third kappa shape index (κ3) is 3.88. The summed E-state index contributed by atoms with van der Waals surface area (Å²) in [6.07, 6.45) is 7.98. The molecule has 1 aromatic heterocycles. The van der Waals surface area contributed by atoms with Gasteiger partial charge in [0.25, 0.3) is 0 Å². The van der Waals surface area contributed by atoms with Gasteiger partial charge in [0.05, 0.1) is 0 Å². The largest absolute Gasteiger partial charge is 0.388 e. The van der Waals surface area contributed by atoms with Crippen molar-refractivity contribution in [1.29, 1.82) is 0 Å². The molecule has 0 aromatic carbocycles. The number of hydrogen-bond donors (Lipinski definition) is 1. The summed E-state index contributed by atoms with van der Waals surface area (Å²) < 4.78 is 0. The lowest BCUT2D eigenvalue weighted by molar-refractivity contribution is 0.521. The van der Waals surface area contributed by atoms with E-state index in [1.54, 1.807) is 12.3 Å². The molecule has 2 N–H and O–H groups in total. The minimum Gasteiger partial charge on any atom is -0.388 e. The van der Waals surface area contributed by atoms with E-state index in [9.17, 15) is 0 Å². The molecule has 0 amide bonds. The number of rotatable bonds is 6. The van der Waals surface area contributed by atoms with Gasteiger partial charge < -0.3 is 10.6 Å². The normalized spacial score (nSPS) is 15.8. The van der Waals surface area contributed by atoms with Crippen molar-refractivity contribution in [3.63, 3.8) is 0 Å². The van der Waals surface area contributed by atoms with Crippen LogP contribution in [-0.2, 0) is 0 Å². The average molecular weight is 292 g/mol. The fourth-order valence-electron chi connectivity index (χ4n) is 2.68. The molecule has 1 aliphatic rings. The van der Waals surface area contributed by atoms with E-state index < -0.39 is 0 Å². The third-order valence-electron chi connectivity index (χ3n) is 3.87. The molecule has 0 saturated heterocycles. The molecule has 1 fully saturated rings. The molecule has 1 aliphatic carbocycles. The second-order valence-electron chi connectivity index (χ2n) is 5.92. The van der Waals surface area contributed by atoms with Gasteiger partial charge in [-0.3, -0.25) is 0 Å². The van der Waals surface area contributed by atoms with Crippen LogP contribution in [0.3, 0.4) is 0 Å². The Labute approximate surface area is 126 Å². The Morgan fingerprint density at radius 2 is 2.15 bits per heavy atom. The minimum atomic E-state index is 0.337. The third-order valence-corrected chi connectivity index (χ3v) is 4.07. The highest BCUT2D eigenvalue weighted by molar-refractivity contribution is 7.80. The lowest BCUT2D eigenvalue weighted by atomic mass is 10.1. The summed E-state index contributed by atoms with van der Waals surface area (Å²) in [5.74, 6) is 1.46. The molecule has 110 valence electrons. The first-order valence-corrected chi connectivity index (χ1v) is 7.88. The summed E-state index contributed by atoms with van der Waals surface area (Å²) >= 11 is 5.02. The van der Waals surface area contributed by atoms with Gasteiger partial charge in [0, 0.05) is 18.8 Å². The van der Waals surface area contributed by atoms with Gasteiger partial charge >= 0.3 is 0 Å². The maximum Gasteiger partial charge on any atom is 0.226 e. The van der Waals surface area contributed by atoms with Crippen molar-refractivity contribution in [2.75, 3.05) is 11.4 Å². The van der Waals surface area contributed by atoms with E-state index in [-0.39, 0.29) is 0 Å². The van der Waals surface area contributed by atoms with Crippen LogP contribution in [0.15, 0.2) is 12.3 Å². The van der Waals surface area contributed by atoms with Crippen molar-refractivity contribution >= 4 is 23.2 Å². The van der Waals surface area contributed by atoms with Gasteiger partial charge in [-0.2, -0.15) is 0 Å². The molecule has 2 rings (SSSR count). The van der Waals surface area contributed by atoms with Crippen LogP contribution in [-0.4, -0.2) is 27.5 Å². The predicted molar refractivity (Wildman–Crippen MR) is 87.0 cm³/mol. The summed E-state index contributed by atoms with van der Waals surface area (Å²) in [7, 11) is 0. The summed E-state index contributed by atoms with van der Waals surface area (Å²) in [5.41, 5.74) is 6.35. The van der Waals surface area contributed by atoms with Crippen LogP contribution in [0.25, 0.3) is 0 Å². The maximum absolute atomic E-state index is 5.68. The Kier molecular flexibility index (Phi) is 5.29. The summed E-state index contributed by atoms with van der Waals surface area (Å²) in [4.78, 5) is 11.7. The summed E-state index contributed by atoms with van der Waals surface area (Å²) in [5, 5.41) is 0. The smallest absolute Gasteiger partial charge is 0.226 e. The lowest BCUT2D eigenvalue weighted by Gasteiger charge is -2.29. The number of hydrogen-bond acceptors (Lipinski definition) is 4. The van der Waals surface area contributed by atoms with Gasteiger partial charge in [-0.15, -0.1) is 0 Å². The molecular formula is C15H24N4S. The molecule has 0 atom stereocenters. The first-order valence-electron chi connectivity index (χ1n) is 7.47. The number of anilines is 1. The van der Waals surface area contributed by atoms with Crippen LogP contribution in [0, 0.1) is 5.92 Å². The highest BCUT2D eigenvalue weighted by Crippen LogP contribution is 2.27. The van der Waals surface area contributed by atoms with Crippen LogP contribution in [0.1, 0.15) is 51.6 Å². The van der Waals surface area contributed by atoms with E-state index in [4.69, 9.17) is 18.0 Å². The van der Waals surface area contributed by atoms with Crippen molar-refractivity contribution in [3.05, 3.63) is 18.0 Å². The Balaban J connectivity index is 2.20. The Hall–Kier alpha value is -1.23. The molecule has 20 heavy (non-hydrogen) atoms. The first kappa shape index (κ1) is 15.2. The van der Waals surface area contributed by atoms with E-state index in [0.717, 1.165) is 18.9 Å². The topological polar surface area (TPSA) is 55.0 Å². The van der Waals surface area contributed by atoms with Gasteiger partial charge in [0.2, 0.25) is 5.95 Å². The fraction of sp³-hybridized carbons (Fsp3) is 0.667. The summed E-state index contributed by atoms with van der Waals surface area (Å²) in [6.45, 7) is 5.50. The molecule has 1 heterocycles. The number of nitrogens with zero attached hydrogens (tertiary/aromatic N) is 3. The molecule has 1 saturated carbocycles. The lowest BCUT2D eigenvalue weighted by Crippen LogP contribution is -2.36. The first-order chi connectivity index (χ1) is 9.58. The summed E-state index contributed by atoms with van der Waals surface area (Å²) in [6, 6.07) is 2.34. The monoisotopic (exact) mass is 292 g/mol. The maximum atomic E-state index is 5.68. The molecule has 0 bridgehead atoms. The number of aromatic nitrogens is 2. The Morgan fingerprint density at radius 3 is 2.75 bits per heavy atom. The molecule has 0 unspecified atom stereocenters. The molecule has 0 spiro atoms. The highest BCUT2D eigenvalue weighted by Gasteiger charge is 2.24. The SMILES string of the molecule is CC(C)CCN(c1nccc(C(N)=S)n1)C1CCCC1. The van der Waals surface area contributed by atoms with E-state index in [1.165, 1.54) is 25.7 Å². The zero-order valence-electron chi connectivity index (χ0n) is 12.4. The van der Waals surface area contributed by atoms with Gasteiger partial charge in [0.15, 0.2) is 0 Å². The van der Waals surface area contributed by atoms with E-state index in [1.807, 2.05) is 0 Å². The van der Waals surface area contributed by atoms with E-state index in [0.29, 0.717) is 22.6 Å². The molecule has 1 aromatic rings. The van der Waals surface area contributed by atoms with Crippen LogP contribution in [0.4, 0.5) is 5.95 Å². The minimum absolute atomic E-state index is 0.337. The zero-order valence-corrected chi connectivity index (χ0v) is 13.2. The molecule has 4 nitrogen and oxygen atoms in total. The second-order valence-corrected chi connectivity index (χ2v) is 6.36. The van der Waals surface area contributed by atoms with Gasteiger partial charge in [-0.25, -0.2) is 9.97 Å². The fourth-order valence-corrected chi connectivity index (χ4v) is 2.80. The number of thiocarbonyl (C=S) groups is 1. The van der Waals surface area contributed by atoms with Crippen molar-refractivity contribution in [2.45, 2.75) is 52.0 Å². The van der Waals surface area contributed by atoms with Crippen LogP contribution < -0.4 is 10.6 Å². The van der Waals surface area contributed by atoms with E-state index in [2.05, 4.69) is 28.7 Å². The molecular weight excluding hydrogens is 268 g/mol. The van der Waals surface area contributed by atoms with Crippen LogP contribution >= 0.6 is 12.2 Å². The number of nitrogens with two attached hydrogens (primary N) is 1. The van der Waals surface area contributed by atoms with E-state index >= 15 is 0 Å². The molecule has 5 heteroatoms. The zero-order chi connectivity index (χ0) is 14.5. The predicted octanol–water partition coefficient (Wildman–Crippen LogP) is 2.91. The molecule has 0 radical (unpaired) electrons. The van der Waals surface area contributed by atoms with Gasteiger partial charge in [-0.1, -0.05) is 38.9 Å². The van der Waals surface area contributed by atoms with Gasteiger partial charge in [-0.05, 0) is 31.2 Å². The quantitative estimate of drug-likeness (QED) is 0.817. The second kappa shape index (κ2) is 6.97. The Bertz CT molecular complexity index is 455. The van der Waals surface area contributed by atoms with Crippen molar-refractivity contribution < 1.29 is 0 Å². The standard InChI is InChI=1S/C15H24N4S/c1-11(2)8-10-19(12-5-3-4-6-12)15-17-9-7-13(18-15)14(16)20/h7,9,11-12H,3-6,8,10H2,1-2H3,(H2,16,20). The molecule has 0 aliphatic heterocycles.